The van der Waals surface area contributed by atoms with Crippen molar-refractivity contribution in [3.05, 3.63) is 47.2 Å². The van der Waals surface area contributed by atoms with Crippen LogP contribution >= 0.6 is 11.3 Å². The zero-order valence-corrected chi connectivity index (χ0v) is 15.5. The number of halogens is 1. The Balaban J connectivity index is 1.57. The molecule has 5 nitrogen and oxygen atoms in total. The standard InChI is InChI=1S/C18H24FN5S/c1-18(2,14-3-5-15(19)6-4-14)13-22-16(20)23-8-10-24(11-9-23)17-21-7-12-25-17/h3-7,12H,8-11,13H2,1-2H3,(H2,20,22). The first-order valence-corrected chi connectivity index (χ1v) is 9.29. The first-order valence-electron chi connectivity index (χ1n) is 8.41. The van der Waals surface area contributed by atoms with Crippen molar-refractivity contribution in [2.24, 2.45) is 10.7 Å². The van der Waals surface area contributed by atoms with Crippen LogP contribution in [0, 0.1) is 5.82 Å². The molecule has 0 bridgehead atoms. The number of aromatic nitrogens is 1. The normalized spacial score (nSPS) is 16.4. The molecular weight excluding hydrogens is 337 g/mol. The second-order valence-electron chi connectivity index (χ2n) is 6.85. The number of benzene rings is 1. The molecule has 1 aliphatic rings. The Morgan fingerprint density at radius 3 is 2.52 bits per heavy atom. The van der Waals surface area contributed by atoms with Crippen LogP contribution < -0.4 is 10.6 Å². The highest BCUT2D eigenvalue weighted by Gasteiger charge is 2.23. The zero-order chi connectivity index (χ0) is 17.9. The van der Waals surface area contributed by atoms with Gasteiger partial charge in [-0.3, -0.25) is 4.99 Å². The van der Waals surface area contributed by atoms with E-state index in [2.05, 4.69) is 33.6 Å². The molecule has 2 heterocycles. The molecule has 1 aromatic carbocycles. The van der Waals surface area contributed by atoms with Crippen molar-refractivity contribution >= 4 is 22.4 Å². The third kappa shape index (κ3) is 4.28. The number of aliphatic imine (C=N–C) groups is 1. The number of thiazole rings is 1. The van der Waals surface area contributed by atoms with Crippen LogP contribution in [0.15, 0.2) is 40.8 Å². The van der Waals surface area contributed by atoms with Crippen LogP contribution in [0.1, 0.15) is 19.4 Å². The van der Waals surface area contributed by atoms with Gasteiger partial charge in [0.15, 0.2) is 11.1 Å². The Kier molecular flexibility index (Phi) is 5.22. The van der Waals surface area contributed by atoms with Gasteiger partial charge in [-0.15, -0.1) is 11.3 Å². The molecule has 0 spiro atoms. The Morgan fingerprint density at radius 1 is 1.24 bits per heavy atom. The maximum atomic E-state index is 13.1. The number of piperazine rings is 1. The molecule has 2 N–H and O–H groups in total. The average molecular weight is 361 g/mol. The number of nitrogens with two attached hydrogens (primary N) is 1. The van der Waals surface area contributed by atoms with Gasteiger partial charge in [0.2, 0.25) is 0 Å². The van der Waals surface area contributed by atoms with Gasteiger partial charge in [0.1, 0.15) is 5.82 Å². The minimum atomic E-state index is -0.222. The van der Waals surface area contributed by atoms with Gasteiger partial charge < -0.3 is 15.5 Å². The Labute approximate surface area is 152 Å². The first-order chi connectivity index (χ1) is 12.0. The van der Waals surface area contributed by atoms with Gasteiger partial charge in [0.25, 0.3) is 0 Å². The van der Waals surface area contributed by atoms with E-state index in [4.69, 9.17) is 5.73 Å². The van der Waals surface area contributed by atoms with Crippen molar-refractivity contribution in [1.29, 1.82) is 0 Å². The minimum absolute atomic E-state index is 0.193. The molecule has 0 saturated carbocycles. The first kappa shape index (κ1) is 17.7. The van der Waals surface area contributed by atoms with Crippen molar-refractivity contribution < 1.29 is 4.39 Å². The highest BCUT2D eigenvalue weighted by Crippen LogP contribution is 2.24. The predicted octanol–water partition coefficient (Wildman–Crippen LogP) is 2.70. The summed E-state index contributed by atoms with van der Waals surface area (Å²) in [5, 5.41) is 3.06. The van der Waals surface area contributed by atoms with E-state index >= 15 is 0 Å². The third-order valence-corrected chi connectivity index (χ3v) is 5.39. The lowest BCUT2D eigenvalue weighted by atomic mass is 9.85. The van der Waals surface area contributed by atoms with Gasteiger partial charge in [-0.1, -0.05) is 26.0 Å². The van der Waals surface area contributed by atoms with E-state index in [-0.39, 0.29) is 11.2 Å². The SMILES string of the molecule is CC(C)(CN=C(N)N1CCN(c2nccs2)CC1)c1ccc(F)cc1. The van der Waals surface area contributed by atoms with Crippen LogP contribution in [0.4, 0.5) is 9.52 Å². The molecule has 2 aromatic rings. The molecule has 3 rings (SSSR count). The van der Waals surface area contributed by atoms with Gasteiger partial charge in [0.05, 0.1) is 6.54 Å². The second kappa shape index (κ2) is 7.39. The molecule has 0 amide bonds. The fourth-order valence-electron chi connectivity index (χ4n) is 2.87. The summed E-state index contributed by atoms with van der Waals surface area (Å²) in [6.07, 6.45) is 1.83. The van der Waals surface area contributed by atoms with Crippen LogP contribution in [-0.4, -0.2) is 48.6 Å². The number of hydrogen-bond acceptors (Lipinski definition) is 4. The lowest BCUT2D eigenvalue weighted by Crippen LogP contribution is -2.51. The predicted molar refractivity (Wildman–Crippen MR) is 102 cm³/mol. The highest BCUT2D eigenvalue weighted by atomic mass is 32.1. The molecule has 1 aromatic heterocycles. The van der Waals surface area contributed by atoms with Gasteiger partial charge in [-0.05, 0) is 17.7 Å². The van der Waals surface area contributed by atoms with Gasteiger partial charge in [-0.25, -0.2) is 9.37 Å². The Morgan fingerprint density at radius 2 is 1.92 bits per heavy atom. The second-order valence-corrected chi connectivity index (χ2v) is 7.73. The summed E-state index contributed by atoms with van der Waals surface area (Å²) in [7, 11) is 0. The minimum Gasteiger partial charge on any atom is -0.370 e. The molecule has 7 heteroatoms. The summed E-state index contributed by atoms with van der Waals surface area (Å²) in [6.45, 7) is 8.22. The summed E-state index contributed by atoms with van der Waals surface area (Å²) in [6, 6.07) is 6.60. The monoisotopic (exact) mass is 361 g/mol. The lowest BCUT2D eigenvalue weighted by molar-refractivity contribution is 0.378. The molecule has 1 saturated heterocycles. The van der Waals surface area contributed by atoms with Crippen LogP contribution in [0.2, 0.25) is 0 Å². The van der Waals surface area contributed by atoms with E-state index in [0.29, 0.717) is 12.5 Å². The third-order valence-electron chi connectivity index (χ3n) is 4.56. The number of anilines is 1. The van der Waals surface area contributed by atoms with E-state index in [1.807, 2.05) is 23.7 Å². The lowest BCUT2D eigenvalue weighted by Gasteiger charge is -2.35. The fourth-order valence-corrected chi connectivity index (χ4v) is 3.57. The number of hydrogen-bond donors (Lipinski definition) is 1. The van der Waals surface area contributed by atoms with Crippen LogP contribution in [0.5, 0.6) is 0 Å². The van der Waals surface area contributed by atoms with Gasteiger partial charge >= 0.3 is 0 Å². The van der Waals surface area contributed by atoms with Crippen LogP contribution in [0.3, 0.4) is 0 Å². The maximum absolute atomic E-state index is 13.1. The number of guanidine groups is 1. The molecular formula is C18H24FN5S. The Bertz CT molecular complexity index is 704. The van der Waals surface area contributed by atoms with E-state index in [1.54, 1.807) is 11.3 Å². The smallest absolute Gasteiger partial charge is 0.191 e. The summed E-state index contributed by atoms with van der Waals surface area (Å²) in [5.74, 6) is 0.356. The molecule has 1 fully saturated rings. The quantitative estimate of drug-likeness (QED) is 0.672. The molecule has 1 aliphatic heterocycles. The summed E-state index contributed by atoms with van der Waals surface area (Å²) in [5.41, 5.74) is 7.07. The molecule has 134 valence electrons. The van der Waals surface area contributed by atoms with Crippen molar-refractivity contribution in [1.82, 2.24) is 9.88 Å². The van der Waals surface area contributed by atoms with Crippen LogP contribution in [0.25, 0.3) is 0 Å². The van der Waals surface area contributed by atoms with E-state index in [1.165, 1.54) is 12.1 Å². The van der Waals surface area contributed by atoms with E-state index in [0.717, 1.165) is 36.9 Å². The maximum Gasteiger partial charge on any atom is 0.191 e. The Hall–Kier alpha value is -2.15. The molecule has 0 radical (unpaired) electrons. The molecule has 0 aliphatic carbocycles. The van der Waals surface area contributed by atoms with Gasteiger partial charge in [-0.2, -0.15) is 0 Å². The molecule has 25 heavy (non-hydrogen) atoms. The van der Waals surface area contributed by atoms with Crippen molar-refractivity contribution in [3.63, 3.8) is 0 Å². The van der Waals surface area contributed by atoms with Crippen molar-refractivity contribution in [3.8, 4) is 0 Å². The summed E-state index contributed by atoms with van der Waals surface area (Å²) in [4.78, 5) is 13.3. The van der Waals surface area contributed by atoms with Crippen molar-refractivity contribution in [2.75, 3.05) is 37.6 Å². The van der Waals surface area contributed by atoms with E-state index < -0.39 is 0 Å². The fraction of sp³-hybridized carbons (Fsp3) is 0.444. The van der Waals surface area contributed by atoms with E-state index in [9.17, 15) is 4.39 Å². The molecule has 0 unspecified atom stereocenters. The summed E-state index contributed by atoms with van der Waals surface area (Å²) < 4.78 is 13.1. The topological polar surface area (TPSA) is 57.8 Å². The van der Waals surface area contributed by atoms with Crippen LogP contribution in [-0.2, 0) is 5.41 Å². The van der Waals surface area contributed by atoms with Crippen molar-refractivity contribution in [2.45, 2.75) is 19.3 Å². The zero-order valence-electron chi connectivity index (χ0n) is 14.7. The molecule has 0 atom stereocenters. The number of rotatable bonds is 4. The largest absolute Gasteiger partial charge is 0.370 e. The van der Waals surface area contributed by atoms with Gasteiger partial charge in [0, 0.05) is 43.2 Å². The highest BCUT2D eigenvalue weighted by molar-refractivity contribution is 7.13. The number of nitrogens with zero attached hydrogens (tertiary/aromatic N) is 4. The summed E-state index contributed by atoms with van der Waals surface area (Å²) >= 11 is 1.66. The average Bonchev–Trinajstić information content (AvgIpc) is 3.15.